The summed E-state index contributed by atoms with van der Waals surface area (Å²) in [5.41, 5.74) is 10.4. The Morgan fingerprint density at radius 3 is 2.00 bits per heavy atom. The highest BCUT2D eigenvalue weighted by atomic mass is 31.2. The van der Waals surface area contributed by atoms with Gasteiger partial charge in [-0.1, -0.05) is 0 Å². The second-order valence-corrected chi connectivity index (χ2v) is 3.49. The Morgan fingerprint density at radius 2 is 1.87 bits per heavy atom. The highest BCUT2D eigenvalue weighted by molar-refractivity contribution is 7.45. The Morgan fingerprint density at radius 1 is 1.47 bits per heavy atom. The number of nitrogen functional groups attached to an aromatic ring is 1. The third-order valence-electron chi connectivity index (χ3n) is 1.10. The van der Waals surface area contributed by atoms with Crippen molar-refractivity contribution in [2.24, 2.45) is 5.73 Å². The van der Waals surface area contributed by atoms with E-state index in [4.69, 9.17) is 30.7 Å². The monoisotopic (exact) mass is 238 g/mol. The van der Waals surface area contributed by atoms with Crippen LogP contribution in [0.5, 0.6) is 0 Å². The zero-order valence-electron chi connectivity index (χ0n) is 7.71. The van der Waals surface area contributed by atoms with E-state index >= 15 is 0 Å². The first-order valence-corrected chi connectivity index (χ1v) is 5.08. The minimum Gasteiger partial charge on any atom is -0.382 e. The molecule has 1 rings (SSSR count). The van der Waals surface area contributed by atoms with Gasteiger partial charge in [0, 0.05) is 0 Å². The first-order valence-electron chi connectivity index (χ1n) is 3.51. The molecular weight excluding hydrogens is 227 g/mol. The highest BCUT2D eigenvalue weighted by Gasteiger charge is 2.08. The summed E-state index contributed by atoms with van der Waals surface area (Å²) in [6.07, 6.45) is 0. The van der Waals surface area contributed by atoms with Crippen LogP contribution in [0.2, 0.25) is 0 Å². The number of hydrogen-bond donors (Lipinski definition) is 6. The fraction of sp³-hybridized carbons (Fsp3) is 0.200. The summed E-state index contributed by atoms with van der Waals surface area (Å²) in [5, 5.41) is 0. The van der Waals surface area contributed by atoms with Gasteiger partial charge in [0.2, 0.25) is 0 Å². The topological polar surface area (TPSA) is 176 Å². The fourth-order valence-corrected chi connectivity index (χ4v) is 0.697. The molecule has 0 aliphatic carbocycles. The van der Waals surface area contributed by atoms with Gasteiger partial charge >= 0.3 is 7.82 Å². The van der Waals surface area contributed by atoms with Crippen molar-refractivity contribution < 1.29 is 24.0 Å². The van der Waals surface area contributed by atoms with Gasteiger partial charge < -0.3 is 31.1 Å². The lowest BCUT2D eigenvalue weighted by atomic mass is 10.4. The van der Waals surface area contributed by atoms with E-state index in [1.54, 1.807) is 6.92 Å². The number of amides is 1. The maximum absolute atomic E-state index is 10.5. The molecule has 9 nitrogen and oxygen atoms in total. The Hall–Kier alpha value is -1.41. The van der Waals surface area contributed by atoms with Crippen LogP contribution in [0, 0.1) is 6.92 Å². The summed E-state index contributed by atoms with van der Waals surface area (Å²) in [7, 11) is -4.64. The molecule has 86 valence electrons. The lowest BCUT2D eigenvalue weighted by molar-refractivity contribution is 0.0996. The highest BCUT2D eigenvalue weighted by Crippen LogP contribution is 2.25. The molecule has 1 aromatic rings. The number of aromatic nitrogens is 2. The van der Waals surface area contributed by atoms with Crippen molar-refractivity contribution >= 4 is 19.5 Å². The zero-order chi connectivity index (χ0) is 12.2. The molecule has 0 aliphatic heterocycles. The Labute approximate surface area is 84.4 Å². The number of rotatable bonds is 1. The van der Waals surface area contributed by atoms with Crippen LogP contribution < -0.4 is 11.5 Å². The summed E-state index contributed by atoms with van der Waals surface area (Å²) in [4.78, 5) is 38.5. The van der Waals surface area contributed by atoms with Gasteiger partial charge in [-0.2, -0.15) is 0 Å². The second kappa shape index (κ2) is 4.89. The number of carbonyl (C=O) groups is 1. The van der Waals surface area contributed by atoms with Gasteiger partial charge in [-0.15, -0.1) is 0 Å². The van der Waals surface area contributed by atoms with Gasteiger partial charge in [-0.25, -0.2) is 9.55 Å². The molecule has 1 aromatic heterocycles. The summed E-state index contributed by atoms with van der Waals surface area (Å²) in [6.45, 7) is 1.70. The number of carbonyl (C=O) groups excluding carboxylic acids is 1. The van der Waals surface area contributed by atoms with Crippen LogP contribution in [0.15, 0.2) is 0 Å². The number of phosphoric acid groups is 1. The molecule has 1 amide bonds. The quantitative estimate of drug-likeness (QED) is 0.321. The average molecular weight is 238 g/mol. The maximum Gasteiger partial charge on any atom is 0.466 e. The standard InChI is InChI=1S/C5H8N4O.H3O4P/c1-2-8-3(5(7)10)4(6)9-2;1-5(2,3)4/h6H2,1H3,(H2,7,10)(H,8,9);(H3,1,2,3,4). The van der Waals surface area contributed by atoms with Crippen LogP contribution in [0.4, 0.5) is 5.82 Å². The number of nitrogens with zero attached hydrogens (tertiary/aromatic N) is 1. The number of primary amides is 1. The molecule has 0 saturated carbocycles. The van der Waals surface area contributed by atoms with Gasteiger partial charge in [0.25, 0.3) is 5.91 Å². The van der Waals surface area contributed by atoms with Crippen LogP contribution in [0.3, 0.4) is 0 Å². The second-order valence-electron chi connectivity index (χ2n) is 2.46. The van der Waals surface area contributed by atoms with E-state index in [2.05, 4.69) is 9.97 Å². The molecule has 0 radical (unpaired) electrons. The fourth-order valence-electron chi connectivity index (χ4n) is 0.697. The molecule has 15 heavy (non-hydrogen) atoms. The van der Waals surface area contributed by atoms with E-state index in [1.165, 1.54) is 0 Å². The number of H-pyrrole nitrogens is 1. The van der Waals surface area contributed by atoms with Crippen LogP contribution >= 0.6 is 7.82 Å². The number of aromatic amines is 1. The summed E-state index contributed by atoms with van der Waals surface area (Å²) in [5.74, 6) is 0.161. The molecule has 0 fully saturated rings. The van der Waals surface area contributed by atoms with Gasteiger partial charge in [0.05, 0.1) is 0 Å². The van der Waals surface area contributed by atoms with E-state index in [0.717, 1.165) is 0 Å². The zero-order valence-corrected chi connectivity index (χ0v) is 8.60. The number of aryl methyl sites for hydroxylation is 1. The van der Waals surface area contributed by atoms with Crippen molar-refractivity contribution in [2.45, 2.75) is 6.92 Å². The van der Waals surface area contributed by atoms with Crippen molar-refractivity contribution in [3.05, 3.63) is 11.5 Å². The van der Waals surface area contributed by atoms with Crippen LogP contribution in [-0.4, -0.2) is 30.6 Å². The minimum absolute atomic E-state index is 0.157. The van der Waals surface area contributed by atoms with Crippen LogP contribution in [0.1, 0.15) is 16.3 Å². The first kappa shape index (κ1) is 13.6. The van der Waals surface area contributed by atoms with Crippen molar-refractivity contribution in [1.82, 2.24) is 9.97 Å². The lowest BCUT2D eigenvalue weighted by Crippen LogP contribution is -2.13. The Bertz CT molecular complexity index is 388. The molecule has 0 aliphatic rings. The molecule has 0 spiro atoms. The molecule has 0 unspecified atom stereocenters. The first-order chi connectivity index (χ1) is 6.61. The predicted octanol–water partition coefficient (Wildman–Crippen LogP) is -1.53. The number of nitrogens with two attached hydrogens (primary N) is 2. The Kier molecular flexibility index (Phi) is 4.43. The van der Waals surface area contributed by atoms with Crippen molar-refractivity contribution in [3.8, 4) is 0 Å². The van der Waals surface area contributed by atoms with E-state index in [-0.39, 0.29) is 11.5 Å². The summed E-state index contributed by atoms with van der Waals surface area (Å²) < 4.78 is 8.88. The van der Waals surface area contributed by atoms with Crippen molar-refractivity contribution in [2.75, 3.05) is 5.73 Å². The molecular formula is C5H11N4O5P. The van der Waals surface area contributed by atoms with Crippen LogP contribution in [-0.2, 0) is 4.57 Å². The third kappa shape index (κ3) is 6.63. The molecule has 10 heteroatoms. The molecule has 0 bridgehead atoms. The summed E-state index contributed by atoms with van der Waals surface area (Å²) in [6, 6.07) is 0. The molecule has 0 saturated heterocycles. The number of imidazole rings is 1. The van der Waals surface area contributed by atoms with Gasteiger partial charge in [-0.3, -0.25) is 4.79 Å². The van der Waals surface area contributed by atoms with Gasteiger partial charge in [-0.05, 0) is 6.92 Å². The number of anilines is 1. The lowest BCUT2D eigenvalue weighted by Gasteiger charge is -1.87. The molecule has 8 N–H and O–H groups in total. The number of nitrogens with one attached hydrogen (secondary N) is 1. The third-order valence-corrected chi connectivity index (χ3v) is 1.10. The van der Waals surface area contributed by atoms with E-state index in [0.29, 0.717) is 5.82 Å². The molecule has 0 atom stereocenters. The van der Waals surface area contributed by atoms with Gasteiger partial charge in [0.1, 0.15) is 11.5 Å². The van der Waals surface area contributed by atoms with Crippen molar-refractivity contribution in [3.63, 3.8) is 0 Å². The maximum atomic E-state index is 10.5. The number of hydrogen-bond acceptors (Lipinski definition) is 4. The molecule has 0 aromatic carbocycles. The molecule has 1 heterocycles. The largest absolute Gasteiger partial charge is 0.466 e. The SMILES string of the molecule is Cc1nc(N)c(C(N)=O)[nH]1.O=P(O)(O)O. The summed E-state index contributed by atoms with van der Waals surface area (Å²) >= 11 is 0. The van der Waals surface area contributed by atoms with E-state index < -0.39 is 13.7 Å². The van der Waals surface area contributed by atoms with E-state index in [1.807, 2.05) is 0 Å². The van der Waals surface area contributed by atoms with Crippen LogP contribution in [0.25, 0.3) is 0 Å². The van der Waals surface area contributed by atoms with Crippen molar-refractivity contribution in [1.29, 1.82) is 0 Å². The predicted molar refractivity (Wildman–Crippen MR) is 50.5 cm³/mol. The normalized spacial score (nSPS) is 10.4. The average Bonchev–Trinajstić information content (AvgIpc) is 2.25. The van der Waals surface area contributed by atoms with Gasteiger partial charge in [0.15, 0.2) is 5.82 Å². The smallest absolute Gasteiger partial charge is 0.382 e. The minimum atomic E-state index is -4.64. The Balaban J connectivity index is 0.000000336. The van der Waals surface area contributed by atoms with E-state index in [9.17, 15) is 4.79 Å².